The van der Waals surface area contributed by atoms with E-state index >= 15 is 0 Å². The maximum Gasteiger partial charge on any atom is 0.257 e. The number of carbonyl (C=O) groups is 1. The number of rotatable bonds is 5. The smallest absolute Gasteiger partial charge is 0.257 e. The van der Waals surface area contributed by atoms with Gasteiger partial charge in [-0.05, 0) is 56.5 Å². The van der Waals surface area contributed by atoms with Gasteiger partial charge < -0.3 is 24.1 Å². The minimum Gasteiger partial charge on any atom is -0.497 e. The van der Waals surface area contributed by atoms with E-state index in [4.69, 9.17) is 14.2 Å². The van der Waals surface area contributed by atoms with Gasteiger partial charge in [0.25, 0.3) is 5.91 Å². The standard InChI is InChI=1S/C23H24N2O4S/c1-14-11-18(15(2)25(14)16-5-7-17(27-3)8-6-16)23(26)24-19-12-20-21(13-22(19)30-4)29-10-9-28-20/h5-8,11-13H,9-10H2,1-4H3,(H,24,26). The number of thioether (sulfide) groups is 1. The normalized spacial score (nSPS) is 12.5. The summed E-state index contributed by atoms with van der Waals surface area (Å²) in [4.78, 5) is 14.1. The van der Waals surface area contributed by atoms with Crippen LogP contribution in [0.2, 0.25) is 0 Å². The van der Waals surface area contributed by atoms with Crippen molar-refractivity contribution in [3.8, 4) is 22.9 Å². The van der Waals surface area contributed by atoms with Gasteiger partial charge in [0.05, 0.1) is 18.4 Å². The first-order chi connectivity index (χ1) is 14.5. The van der Waals surface area contributed by atoms with Crippen molar-refractivity contribution in [3.63, 3.8) is 0 Å². The first-order valence-electron chi connectivity index (χ1n) is 9.64. The van der Waals surface area contributed by atoms with Crippen LogP contribution in [0.1, 0.15) is 21.7 Å². The third kappa shape index (κ3) is 3.73. The molecule has 4 rings (SSSR count). The fraction of sp³-hybridized carbons (Fsp3) is 0.261. The SMILES string of the molecule is COc1ccc(-n2c(C)cc(C(=O)Nc3cc4c(cc3SC)OCCO4)c2C)cc1. The van der Waals surface area contributed by atoms with Gasteiger partial charge in [0.2, 0.25) is 0 Å². The fourth-order valence-electron chi connectivity index (χ4n) is 3.65. The number of ether oxygens (including phenoxy) is 3. The number of benzene rings is 2. The van der Waals surface area contributed by atoms with E-state index in [0.717, 1.165) is 27.7 Å². The predicted octanol–water partition coefficient (Wildman–Crippen LogP) is 4.85. The summed E-state index contributed by atoms with van der Waals surface area (Å²) in [5.74, 6) is 2.00. The summed E-state index contributed by atoms with van der Waals surface area (Å²) >= 11 is 1.55. The van der Waals surface area contributed by atoms with Gasteiger partial charge in [-0.2, -0.15) is 0 Å². The number of hydrogen-bond donors (Lipinski definition) is 1. The van der Waals surface area contributed by atoms with Crippen LogP contribution in [0.5, 0.6) is 17.2 Å². The molecule has 0 radical (unpaired) electrons. The summed E-state index contributed by atoms with van der Waals surface area (Å²) in [7, 11) is 1.64. The Morgan fingerprint density at radius 2 is 1.73 bits per heavy atom. The lowest BCUT2D eigenvalue weighted by atomic mass is 10.2. The van der Waals surface area contributed by atoms with E-state index in [0.29, 0.717) is 36.0 Å². The van der Waals surface area contributed by atoms with Crippen LogP contribution in [0, 0.1) is 13.8 Å². The number of nitrogens with one attached hydrogen (secondary N) is 1. The molecule has 0 saturated carbocycles. The van der Waals surface area contributed by atoms with E-state index < -0.39 is 0 Å². The average molecular weight is 425 g/mol. The van der Waals surface area contributed by atoms with Crippen molar-refractivity contribution in [2.75, 3.05) is 31.9 Å². The largest absolute Gasteiger partial charge is 0.497 e. The van der Waals surface area contributed by atoms with E-state index in [1.807, 2.05) is 62.6 Å². The van der Waals surface area contributed by atoms with E-state index in [9.17, 15) is 4.79 Å². The van der Waals surface area contributed by atoms with Gasteiger partial charge in [-0.25, -0.2) is 0 Å². The lowest BCUT2D eigenvalue weighted by Crippen LogP contribution is -2.17. The van der Waals surface area contributed by atoms with Crippen LogP contribution in [-0.4, -0.2) is 37.1 Å². The topological polar surface area (TPSA) is 61.7 Å². The molecule has 6 nitrogen and oxygen atoms in total. The monoisotopic (exact) mass is 424 g/mol. The summed E-state index contributed by atoms with van der Waals surface area (Å²) in [6.07, 6.45) is 1.97. The Kier molecular flexibility index (Phi) is 5.63. The maximum atomic E-state index is 13.1. The van der Waals surface area contributed by atoms with Crippen molar-refractivity contribution >= 4 is 23.4 Å². The summed E-state index contributed by atoms with van der Waals surface area (Å²) < 4.78 is 18.6. The number of amides is 1. The van der Waals surface area contributed by atoms with Crippen LogP contribution in [0.3, 0.4) is 0 Å². The van der Waals surface area contributed by atoms with Crippen LogP contribution < -0.4 is 19.5 Å². The molecule has 0 spiro atoms. The molecular formula is C23H24N2O4S. The number of anilines is 1. The molecule has 1 aliphatic heterocycles. The van der Waals surface area contributed by atoms with Gasteiger partial charge in [0.1, 0.15) is 19.0 Å². The molecular weight excluding hydrogens is 400 g/mol. The molecule has 0 saturated heterocycles. The van der Waals surface area contributed by atoms with Crippen LogP contribution in [0.25, 0.3) is 5.69 Å². The molecule has 3 aromatic rings. The molecule has 30 heavy (non-hydrogen) atoms. The minimum atomic E-state index is -0.158. The zero-order valence-corrected chi connectivity index (χ0v) is 18.3. The lowest BCUT2D eigenvalue weighted by Gasteiger charge is -2.21. The molecule has 0 atom stereocenters. The number of nitrogens with zero attached hydrogens (tertiary/aromatic N) is 1. The van der Waals surface area contributed by atoms with Gasteiger partial charge in [-0.3, -0.25) is 4.79 Å². The predicted molar refractivity (Wildman–Crippen MR) is 119 cm³/mol. The number of aromatic nitrogens is 1. The van der Waals surface area contributed by atoms with Gasteiger partial charge in [-0.15, -0.1) is 11.8 Å². The van der Waals surface area contributed by atoms with Crippen molar-refractivity contribution in [2.45, 2.75) is 18.7 Å². The molecule has 1 aromatic heterocycles. The second-order valence-corrected chi connectivity index (χ2v) is 7.82. The second-order valence-electron chi connectivity index (χ2n) is 6.97. The maximum absolute atomic E-state index is 13.1. The molecule has 2 aromatic carbocycles. The number of hydrogen-bond acceptors (Lipinski definition) is 5. The van der Waals surface area contributed by atoms with Crippen LogP contribution in [-0.2, 0) is 0 Å². The van der Waals surface area contributed by atoms with Crippen LogP contribution >= 0.6 is 11.8 Å². The highest BCUT2D eigenvalue weighted by Gasteiger charge is 2.20. The molecule has 0 fully saturated rings. The zero-order valence-electron chi connectivity index (χ0n) is 17.4. The van der Waals surface area contributed by atoms with Crippen molar-refractivity contribution in [1.29, 1.82) is 0 Å². The van der Waals surface area contributed by atoms with E-state index in [1.165, 1.54) is 0 Å². The van der Waals surface area contributed by atoms with Crippen molar-refractivity contribution in [3.05, 3.63) is 59.4 Å². The Hall–Kier alpha value is -3.06. The second kappa shape index (κ2) is 8.36. The summed E-state index contributed by atoms with van der Waals surface area (Å²) in [6.45, 7) is 4.97. The van der Waals surface area contributed by atoms with E-state index in [1.54, 1.807) is 18.9 Å². The molecule has 0 unspecified atom stereocenters. The van der Waals surface area contributed by atoms with Gasteiger partial charge in [0, 0.05) is 28.0 Å². The number of aryl methyl sites for hydroxylation is 1. The number of fused-ring (bicyclic) bond motifs is 1. The van der Waals surface area contributed by atoms with Crippen LogP contribution in [0.15, 0.2) is 47.4 Å². The fourth-order valence-corrected chi connectivity index (χ4v) is 4.20. The zero-order chi connectivity index (χ0) is 21.3. The molecule has 156 valence electrons. The Balaban J connectivity index is 1.64. The van der Waals surface area contributed by atoms with Crippen LogP contribution in [0.4, 0.5) is 5.69 Å². The minimum absolute atomic E-state index is 0.158. The molecule has 0 aliphatic carbocycles. The van der Waals surface area contributed by atoms with Crippen molar-refractivity contribution < 1.29 is 19.0 Å². The number of methoxy groups -OCH3 is 1. The van der Waals surface area contributed by atoms with E-state index in [-0.39, 0.29) is 5.91 Å². The molecule has 1 amide bonds. The molecule has 2 heterocycles. The van der Waals surface area contributed by atoms with Gasteiger partial charge >= 0.3 is 0 Å². The third-order valence-electron chi connectivity index (χ3n) is 5.12. The number of carbonyl (C=O) groups excluding carboxylic acids is 1. The first kappa shape index (κ1) is 20.2. The molecule has 1 aliphatic rings. The van der Waals surface area contributed by atoms with E-state index in [2.05, 4.69) is 9.88 Å². The molecule has 1 N–H and O–H groups in total. The first-order valence-corrected chi connectivity index (χ1v) is 10.9. The average Bonchev–Trinajstić information content (AvgIpc) is 3.07. The highest BCUT2D eigenvalue weighted by atomic mass is 32.2. The quantitative estimate of drug-likeness (QED) is 0.594. The van der Waals surface area contributed by atoms with Gasteiger partial charge in [-0.1, -0.05) is 0 Å². The Labute approximate surface area is 180 Å². The lowest BCUT2D eigenvalue weighted by molar-refractivity contribution is 0.102. The highest BCUT2D eigenvalue weighted by Crippen LogP contribution is 2.39. The highest BCUT2D eigenvalue weighted by molar-refractivity contribution is 7.98. The summed E-state index contributed by atoms with van der Waals surface area (Å²) in [5.41, 5.74) is 4.18. The Bertz CT molecular complexity index is 1090. The van der Waals surface area contributed by atoms with Crippen molar-refractivity contribution in [2.24, 2.45) is 0 Å². The summed E-state index contributed by atoms with van der Waals surface area (Å²) in [6, 6.07) is 13.4. The molecule has 0 bridgehead atoms. The molecule has 7 heteroatoms. The Morgan fingerprint density at radius 1 is 1.07 bits per heavy atom. The summed E-state index contributed by atoms with van der Waals surface area (Å²) in [5, 5.41) is 3.05. The van der Waals surface area contributed by atoms with Crippen molar-refractivity contribution in [1.82, 2.24) is 4.57 Å². The van der Waals surface area contributed by atoms with Gasteiger partial charge in [0.15, 0.2) is 11.5 Å². The Morgan fingerprint density at radius 3 is 2.37 bits per heavy atom. The third-order valence-corrected chi connectivity index (χ3v) is 5.90.